The Kier molecular flexibility index (Phi) is 8.90. The summed E-state index contributed by atoms with van der Waals surface area (Å²) in [5.41, 5.74) is 0.944. The molecule has 0 bridgehead atoms. The van der Waals surface area contributed by atoms with Crippen molar-refractivity contribution >= 4 is 63.8 Å². The fourth-order valence-corrected chi connectivity index (χ4v) is 6.28. The van der Waals surface area contributed by atoms with Crippen LogP contribution in [0, 0.1) is 16.7 Å². The lowest BCUT2D eigenvalue weighted by Crippen LogP contribution is -2.54. The third kappa shape index (κ3) is 6.16. The number of piperidine rings is 1. The summed E-state index contributed by atoms with van der Waals surface area (Å²) in [5, 5.41) is 26.9. The number of nitrogens with zero attached hydrogens (tertiary/aromatic N) is 4. The highest BCUT2D eigenvalue weighted by atomic mass is 16.2. The van der Waals surface area contributed by atoms with Crippen molar-refractivity contribution in [2.45, 2.75) is 38.3 Å². The van der Waals surface area contributed by atoms with Gasteiger partial charge in [-0.2, -0.15) is 5.26 Å². The third-order valence-corrected chi connectivity index (χ3v) is 9.21. The number of hydrogen-bond acceptors (Lipinski definition) is 10. The summed E-state index contributed by atoms with van der Waals surface area (Å²) in [4.78, 5) is 81.5. The van der Waals surface area contributed by atoms with Gasteiger partial charge in [-0.1, -0.05) is 24.3 Å². The topological polar surface area (TPSA) is 196 Å². The molecule has 3 heterocycles. The molecular formula is C36H34N8O6. The number of imide groups is 2. The molecule has 3 aliphatic heterocycles. The molecular weight excluding hydrogens is 640 g/mol. The Morgan fingerprint density at radius 1 is 0.960 bits per heavy atom. The van der Waals surface area contributed by atoms with Crippen LogP contribution in [0.15, 0.2) is 66.4 Å². The van der Waals surface area contributed by atoms with E-state index in [4.69, 9.17) is 5.41 Å². The number of piperazine rings is 1. The molecule has 2 fully saturated rings. The molecule has 4 N–H and O–H groups in total. The van der Waals surface area contributed by atoms with Gasteiger partial charge in [-0.15, -0.1) is 0 Å². The van der Waals surface area contributed by atoms with E-state index in [1.807, 2.05) is 29.2 Å². The van der Waals surface area contributed by atoms with Gasteiger partial charge in [-0.3, -0.25) is 39.0 Å². The maximum absolute atomic E-state index is 13.4. The average Bonchev–Trinajstić information content (AvgIpc) is 3.36. The maximum Gasteiger partial charge on any atom is 0.262 e. The summed E-state index contributed by atoms with van der Waals surface area (Å²) in [5.74, 6) is -3.06. The van der Waals surface area contributed by atoms with Crippen LogP contribution < -0.4 is 20.9 Å². The molecule has 3 aromatic carbocycles. The minimum Gasteiger partial charge on any atom is -0.377 e. The quantitative estimate of drug-likeness (QED) is 0.157. The molecule has 50 heavy (non-hydrogen) atoms. The van der Waals surface area contributed by atoms with Crippen LogP contribution in [0.25, 0.3) is 10.8 Å². The van der Waals surface area contributed by atoms with Crippen LogP contribution in [0.2, 0.25) is 0 Å². The lowest BCUT2D eigenvalue weighted by molar-refractivity contribution is -0.136. The molecule has 3 aliphatic rings. The second kappa shape index (κ2) is 13.3. The number of nitriles is 1. The molecule has 0 aromatic heterocycles. The van der Waals surface area contributed by atoms with E-state index in [0.717, 1.165) is 16.5 Å². The van der Waals surface area contributed by atoms with Crippen molar-refractivity contribution in [3.8, 4) is 6.07 Å². The number of carbonyl (C=O) groups excluding carboxylic acids is 6. The first-order valence-corrected chi connectivity index (χ1v) is 16.0. The zero-order valence-corrected chi connectivity index (χ0v) is 27.4. The van der Waals surface area contributed by atoms with Gasteiger partial charge >= 0.3 is 0 Å². The van der Waals surface area contributed by atoms with Gasteiger partial charge in [0.1, 0.15) is 11.6 Å². The molecule has 254 valence electrons. The largest absolute Gasteiger partial charge is 0.377 e. The second-order valence-corrected chi connectivity index (χ2v) is 12.7. The fraction of sp³-hybridized carbons (Fsp3) is 0.278. The Balaban J connectivity index is 1.08. The Morgan fingerprint density at radius 2 is 1.66 bits per heavy atom. The molecule has 6 rings (SSSR count). The Bertz CT molecular complexity index is 2060. The van der Waals surface area contributed by atoms with E-state index >= 15 is 0 Å². The minimum atomic E-state index is -1.18. The predicted molar refractivity (Wildman–Crippen MR) is 183 cm³/mol. The Hall–Kier alpha value is -6.36. The number of nitrogens with one attached hydrogen (secondary N) is 4. The highest BCUT2D eigenvalue weighted by molar-refractivity contribution is 6.23. The Morgan fingerprint density at radius 3 is 2.34 bits per heavy atom. The molecule has 0 saturated carbocycles. The van der Waals surface area contributed by atoms with E-state index in [0.29, 0.717) is 48.5 Å². The van der Waals surface area contributed by atoms with Crippen LogP contribution in [0.1, 0.15) is 53.0 Å². The first-order valence-electron chi connectivity index (χ1n) is 16.0. The molecule has 14 nitrogen and oxygen atoms in total. The van der Waals surface area contributed by atoms with Crippen LogP contribution in [-0.4, -0.2) is 89.2 Å². The molecule has 3 aromatic rings. The maximum atomic E-state index is 13.4. The summed E-state index contributed by atoms with van der Waals surface area (Å²) < 4.78 is 0. The van der Waals surface area contributed by atoms with E-state index in [9.17, 15) is 34.0 Å². The van der Waals surface area contributed by atoms with Crippen molar-refractivity contribution in [2.24, 2.45) is 0 Å². The lowest BCUT2D eigenvalue weighted by Gasteiger charge is -2.36. The monoisotopic (exact) mass is 674 g/mol. The van der Waals surface area contributed by atoms with E-state index in [-0.39, 0.29) is 35.4 Å². The van der Waals surface area contributed by atoms with Crippen LogP contribution in [-0.2, 0) is 19.2 Å². The van der Waals surface area contributed by atoms with Crippen molar-refractivity contribution in [3.05, 3.63) is 83.1 Å². The summed E-state index contributed by atoms with van der Waals surface area (Å²) >= 11 is 0. The van der Waals surface area contributed by atoms with Crippen molar-refractivity contribution in [2.75, 3.05) is 36.4 Å². The number of carbonyl (C=O) groups is 6. The van der Waals surface area contributed by atoms with Gasteiger partial charge < -0.3 is 25.8 Å². The SMILES string of the molecule is CC(C)(N/C=C(\C=N)C(=O)N1CCN(c2ccc3c(c2)C(=O)N(C2CCC(=O)NC2=O)C3=O)CC1)C(=O)Nc1ccc(C#N)c2ccccc12. The molecule has 14 heteroatoms. The first kappa shape index (κ1) is 33.5. The summed E-state index contributed by atoms with van der Waals surface area (Å²) in [6, 6.07) is 16.6. The normalized spacial score (nSPS) is 18.1. The van der Waals surface area contributed by atoms with E-state index in [1.165, 1.54) is 6.20 Å². The average molecular weight is 675 g/mol. The second-order valence-electron chi connectivity index (χ2n) is 12.7. The van der Waals surface area contributed by atoms with E-state index in [1.54, 1.807) is 49.1 Å². The van der Waals surface area contributed by atoms with E-state index < -0.39 is 41.1 Å². The number of fused-ring (bicyclic) bond motifs is 2. The van der Waals surface area contributed by atoms with Gasteiger partial charge in [-0.25, -0.2) is 0 Å². The van der Waals surface area contributed by atoms with Gasteiger partial charge in [0, 0.05) is 67.2 Å². The van der Waals surface area contributed by atoms with Crippen molar-refractivity contribution in [1.29, 1.82) is 10.7 Å². The summed E-state index contributed by atoms with van der Waals surface area (Å²) in [6.45, 7) is 4.74. The van der Waals surface area contributed by atoms with E-state index in [2.05, 4.69) is 22.0 Å². The predicted octanol–water partition coefficient (Wildman–Crippen LogP) is 2.30. The number of anilines is 2. The van der Waals surface area contributed by atoms with Crippen molar-refractivity contribution in [3.63, 3.8) is 0 Å². The number of hydrogen-bond donors (Lipinski definition) is 4. The molecule has 0 aliphatic carbocycles. The van der Waals surface area contributed by atoms with Crippen LogP contribution in [0.4, 0.5) is 11.4 Å². The van der Waals surface area contributed by atoms with Gasteiger partial charge in [0.2, 0.25) is 17.7 Å². The fourth-order valence-electron chi connectivity index (χ4n) is 6.28. The van der Waals surface area contributed by atoms with Gasteiger partial charge in [0.25, 0.3) is 17.7 Å². The number of amides is 6. The summed E-state index contributed by atoms with van der Waals surface area (Å²) in [7, 11) is 0. The summed E-state index contributed by atoms with van der Waals surface area (Å²) in [6.07, 6.45) is 2.39. The zero-order chi connectivity index (χ0) is 35.7. The molecule has 1 unspecified atom stereocenters. The highest BCUT2D eigenvalue weighted by Gasteiger charge is 2.45. The smallest absolute Gasteiger partial charge is 0.262 e. The third-order valence-electron chi connectivity index (χ3n) is 9.21. The highest BCUT2D eigenvalue weighted by Crippen LogP contribution is 2.31. The molecule has 1 atom stereocenters. The standard InChI is InChI=1S/C36H34N8O6/c1-36(2,35(50)40-28-10-7-21(18-37)24-5-3-4-6-25(24)28)39-20-22(19-38)32(47)43-15-13-42(14-16-43)23-8-9-26-27(17-23)34(49)44(33(26)48)29-11-12-30(45)41-31(29)46/h3-10,17,19-20,29,38-39H,11-16H2,1-2H3,(H,40,50)(H,41,45,46)/b22-20+,38-19?. The Labute approximate surface area is 287 Å². The van der Waals surface area contributed by atoms with Gasteiger partial charge in [-0.05, 0) is 50.6 Å². The van der Waals surface area contributed by atoms with Crippen molar-refractivity contribution < 1.29 is 28.8 Å². The number of benzene rings is 3. The van der Waals surface area contributed by atoms with Crippen LogP contribution in [0.3, 0.4) is 0 Å². The van der Waals surface area contributed by atoms with Gasteiger partial charge in [0.15, 0.2) is 0 Å². The minimum absolute atomic E-state index is 0.0353. The molecule has 2 saturated heterocycles. The lowest BCUT2D eigenvalue weighted by atomic mass is 10.0. The molecule has 6 amide bonds. The first-order chi connectivity index (χ1) is 23.9. The zero-order valence-electron chi connectivity index (χ0n) is 27.4. The molecule has 0 radical (unpaired) electrons. The number of rotatable bonds is 8. The molecule has 0 spiro atoms. The van der Waals surface area contributed by atoms with Gasteiger partial charge in [0.05, 0.1) is 28.3 Å². The van der Waals surface area contributed by atoms with Crippen molar-refractivity contribution in [1.82, 2.24) is 20.4 Å². The van der Waals surface area contributed by atoms with Crippen LogP contribution >= 0.6 is 0 Å². The van der Waals surface area contributed by atoms with Crippen LogP contribution in [0.5, 0.6) is 0 Å².